The van der Waals surface area contributed by atoms with Crippen molar-refractivity contribution in [1.82, 2.24) is 9.55 Å². The molecule has 4 rings (SSSR count). The Hall–Kier alpha value is -3.08. The molecule has 24 heavy (non-hydrogen) atoms. The average Bonchev–Trinajstić information content (AvgIpc) is 2.99. The first-order chi connectivity index (χ1) is 11.7. The highest BCUT2D eigenvalue weighted by Gasteiger charge is 2.20. The summed E-state index contributed by atoms with van der Waals surface area (Å²) in [7, 11) is 1.65. The van der Waals surface area contributed by atoms with Gasteiger partial charge in [-0.05, 0) is 54.0 Å². The summed E-state index contributed by atoms with van der Waals surface area (Å²) < 4.78 is 6.91. The fourth-order valence-corrected chi connectivity index (χ4v) is 3.07. The molecule has 5 heteroatoms. The van der Waals surface area contributed by atoms with E-state index >= 15 is 0 Å². The molecule has 0 bridgehead atoms. The maximum Gasteiger partial charge on any atom is 0.261 e. The van der Waals surface area contributed by atoms with Crippen molar-refractivity contribution in [3.05, 3.63) is 64.2 Å². The lowest BCUT2D eigenvalue weighted by molar-refractivity contribution is 0.415. The highest BCUT2D eigenvalue weighted by molar-refractivity contribution is 5.86. The van der Waals surface area contributed by atoms with Gasteiger partial charge in [0.25, 0.3) is 5.56 Å². The highest BCUT2D eigenvalue weighted by Crippen LogP contribution is 2.28. The number of rotatable bonds is 2. The zero-order valence-corrected chi connectivity index (χ0v) is 13.3. The van der Waals surface area contributed by atoms with Crippen molar-refractivity contribution in [3.8, 4) is 5.75 Å². The van der Waals surface area contributed by atoms with Crippen LogP contribution in [0.3, 0.4) is 0 Å². The van der Waals surface area contributed by atoms with Crippen molar-refractivity contribution in [3.63, 3.8) is 0 Å². The number of fused-ring (bicyclic) bond motifs is 2. The molecule has 0 spiro atoms. The van der Waals surface area contributed by atoms with Gasteiger partial charge in [-0.25, -0.2) is 4.98 Å². The number of nitrogens with zero attached hydrogens (tertiary/aromatic N) is 2. The third kappa shape index (κ3) is 2.34. The first-order valence-electron chi connectivity index (χ1n) is 7.81. The molecule has 1 aromatic heterocycles. The van der Waals surface area contributed by atoms with E-state index in [4.69, 9.17) is 10.5 Å². The summed E-state index contributed by atoms with van der Waals surface area (Å²) in [4.78, 5) is 17.4. The minimum absolute atomic E-state index is 0.0274. The van der Waals surface area contributed by atoms with Gasteiger partial charge < -0.3 is 10.5 Å². The van der Waals surface area contributed by atoms with Gasteiger partial charge in [-0.2, -0.15) is 0 Å². The Morgan fingerprint density at radius 1 is 1.21 bits per heavy atom. The van der Waals surface area contributed by atoms with Crippen LogP contribution in [0.25, 0.3) is 22.6 Å². The Morgan fingerprint density at radius 2 is 2.00 bits per heavy atom. The van der Waals surface area contributed by atoms with Crippen molar-refractivity contribution >= 4 is 28.2 Å². The monoisotopic (exact) mass is 319 g/mol. The van der Waals surface area contributed by atoms with E-state index < -0.39 is 0 Å². The van der Waals surface area contributed by atoms with E-state index in [0.29, 0.717) is 23.1 Å². The standard InChI is InChI=1S/C19H17N3O2/c1-24-15-5-2-12(3-6-15)10-13-8-9-22-18(13)21-17-7-4-14(20)11-16(17)19(22)23/h2-7,10-11H,8-9,20H2,1H3/b13-10+. The van der Waals surface area contributed by atoms with Crippen LogP contribution in [0.1, 0.15) is 17.8 Å². The summed E-state index contributed by atoms with van der Waals surface area (Å²) in [5.74, 6) is 1.56. The number of anilines is 1. The van der Waals surface area contributed by atoms with E-state index in [1.54, 1.807) is 29.9 Å². The fourth-order valence-electron chi connectivity index (χ4n) is 3.07. The molecule has 5 nitrogen and oxygen atoms in total. The molecular weight excluding hydrogens is 302 g/mol. The van der Waals surface area contributed by atoms with E-state index in [1.807, 2.05) is 24.3 Å². The molecule has 2 aromatic carbocycles. The summed E-state index contributed by atoms with van der Waals surface area (Å²) in [6.45, 7) is 0.647. The van der Waals surface area contributed by atoms with E-state index in [9.17, 15) is 4.79 Å². The summed E-state index contributed by atoms with van der Waals surface area (Å²) in [5.41, 5.74) is 9.15. The minimum Gasteiger partial charge on any atom is -0.497 e. The number of hydrogen-bond acceptors (Lipinski definition) is 4. The summed E-state index contributed by atoms with van der Waals surface area (Å²) in [5, 5.41) is 0.574. The molecule has 0 saturated carbocycles. The summed E-state index contributed by atoms with van der Waals surface area (Å²) >= 11 is 0. The molecule has 0 radical (unpaired) electrons. The number of aromatic nitrogens is 2. The second kappa shape index (κ2) is 5.53. The van der Waals surface area contributed by atoms with Gasteiger partial charge in [0.15, 0.2) is 0 Å². The zero-order chi connectivity index (χ0) is 16.7. The van der Waals surface area contributed by atoms with Gasteiger partial charge >= 0.3 is 0 Å². The van der Waals surface area contributed by atoms with Crippen molar-refractivity contribution < 1.29 is 4.74 Å². The smallest absolute Gasteiger partial charge is 0.261 e. The normalized spacial score (nSPS) is 15.0. The van der Waals surface area contributed by atoms with E-state index in [0.717, 1.165) is 29.1 Å². The molecule has 0 saturated heterocycles. The predicted molar refractivity (Wildman–Crippen MR) is 95.9 cm³/mol. The van der Waals surface area contributed by atoms with E-state index in [1.165, 1.54) is 0 Å². The van der Waals surface area contributed by atoms with Crippen LogP contribution in [0.5, 0.6) is 5.75 Å². The molecule has 1 aliphatic heterocycles. The molecule has 0 fully saturated rings. The Balaban J connectivity index is 1.83. The SMILES string of the molecule is COc1ccc(/C=C2\CCn3c2nc2ccc(N)cc2c3=O)cc1. The second-order valence-corrected chi connectivity index (χ2v) is 5.86. The third-order valence-corrected chi connectivity index (χ3v) is 4.33. The van der Waals surface area contributed by atoms with Gasteiger partial charge in [-0.15, -0.1) is 0 Å². The quantitative estimate of drug-likeness (QED) is 0.737. The molecule has 2 N–H and O–H groups in total. The van der Waals surface area contributed by atoms with Crippen LogP contribution in [0, 0.1) is 0 Å². The van der Waals surface area contributed by atoms with Gasteiger partial charge in [-0.1, -0.05) is 12.1 Å². The number of allylic oxidation sites excluding steroid dienone is 1. The van der Waals surface area contributed by atoms with Crippen LogP contribution in [0.15, 0.2) is 47.3 Å². The molecule has 0 aliphatic carbocycles. The first-order valence-corrected chi connectivity index (χ1v) is 7.81. The van der Waals surface area contributed by atoms with E-state index in [2.05, 4.69) is 11.1 Å². The van der Waals surface area contributed by atoms with Crippen LogP contribution in [0.2, 0.25) is 0 Å². The van der Waals surface area contributed by atoms with Crippen molar-refractivity contribution in [2.45, 2.75) is 13.0 Å². The number of hydrogen-bond donors (Lipinski definition) is 1. The number of nitrogen functional groups attached to an aromatic ring is 1. The molecule has 120 valence electrons. The van der Waals surface area contributed by atoms with Gasteiger partial charge in [0.05, 0.1) is 18.0 Å². The predicted octanol–water partition coefficient (Wildman–Crippen LogP) is 2.93. The number of ether oxygens (including phenoxy) is 1. The number of nitrogens with two attached hydrogens (primary N) is 1. The first kappa shape index (κ1) is 14.5. The van der Waals surface area contributed by atoms with Gasteiger partial charge in [0.1, 0.15) is 11.6 Å². The molecule has 0 amide bonds. The molecule has 1 aliphatic rings. The average molecular weight is 319 g/mol. The van der Waals surface area contributed by atoms with Crippen molar-refractivity contribution in [1.29, 1.82) is 0 Å². The van der Waals surface area contributed by atoms with Crippen molar-refractivity contribution in [2.24, 2.45) is 0 Å². The second-order valence-electron chi connectivity index (χ2n) is 5.86. The van der Waals surface area contributed by atoms with Crippen LogP contribution < -0.4 is 16.0 Å². The third-order valence-electron chi connectivity index (χ3n) is 4.33. The highest BCUT2D eigenvalue weighted by atomic mass is 16.5. The van der Waals surface area contributed by atoms with Crippen LogP contribution in [-0.2, 0) is 6.54 Å². The maximum atomic E-state index is 12.7. The Labute approximate surface area is 139 Å². The van der Waals surface area contributed by atoms with Crippen molar-refractivity contribution in [2.75, 3.05) is 12.8 Å². The van der Waals surface area contributed by atoms with Gasteiger partial charge in [0.2, 0.25) is 0 Å². The molecule has 0 unspecified atom stereocenters. The molecular formula is C19H17N3O2. The Bertz CT molecular complexity index is 1020. The van der Waals surface area contributed by atoms with Crippen LogP contribution in [0.4, 0.5) is 5.69 Å². The lowest BCUT2D eigenvalue weighted by Crippen LogP contribution is -2.20. The molecule has 3 aromatic rings. The number of methoxy groups -OCH3 is 1. The van der Waals surface area contributed by atoms with Gasteiger partial charge in [0, 0.05) is 12.2 Å². The van der Waals surface area contributed by atoms with E-state index in [-0.39, 0.29) is 5.56 Å². The maximum absolute atomic E-state index is 12.7. The summed E-state index contributed by atoms with van der Waals surface area (Å²) in [6, 6.07) is 13.1. The van der Waals surface area contributed by atoms with Gasteiger partial charge in [-0.3, -0.25) is 9.36 Å². The fraction of sp³-hybridized carbons (Fsp3) is 0.158. The molecule has 2 heterocycles. The lowest BCUT2D eigenvalue weighted by Gasteiger charge is -2.06. The topological polar surface area (TPSA) is 70.1 Å². The zero-order valence-electron chi connectivity index (χ0n) is 13.3. The minimum atomic E-state index is -0.0274. The Kier molecular flexibility index (Phi) is 3.34. The number of benzene rings is 2. The van der Waals surface area contributed by atoms with Crippen LogP contribution in [-0.4, -0.2) is 16.7 Å². The largest absolute Gasteiger partial charge is 0.497 e. The molecule has 0 atom stereocenters. The Morgan fingerprint density at radius 3 is 2.75 bits per heavy atom. The van der Waals surface area contributed by atoms with Crippen LogP contribution >= 0.6 is 0 Å². The summed E-state index contributed by atoms with van der Waals surface area (Å²) in [6.07, 6.45) is 2.87. The lowest BCUT2D eigenvalue weighted by atomic mass is 10.1.